The number of amides is 1. The quantitative estimate of drug-likeness (QED) is 0.554. The van der Waals surface area contributed by atoms with Crippen molar-refractivity contribution in [2.75, 3.05) is 49.1 Å². The topological polar surface area (TPSA) is 66.5 Å². The smallest absolute Gasteiger partial charge is 0.246 e. The van der Waals surface area contributed by atoms with Crippen LogP contribution in [0.4, 0.5) is 0 Å². The van der Waals surface area contributed by atoms with Crippen molar-refractivity contribution < 1.29 is 28.5 Å². The lowest BCUT2D eigenvalue weighted by Crippen LogP contribution is -2.27. The lowest BCUT2D eigenvalue weighted by molar-refractivity contribution is -0.124. The van der Waals surface area contributed by atoms with Gasteiger partial charge >= 0.3 is 0 Å². The first-order valence-corrected chi connectivity index (χ1v) is 9.41. The summed E-state index contributed by atoms with van der Waals surface area (Å²) in [5.74, 6) is 2.82. The van der Waals surface area contributed by atoms with Crippen LogP contribution in [0.5, 0.6) is 28.7 Å². The van der Waals surface area contributed by atoms with Crippen molar-refractivity contribution in [2.45, 2.75) is 6.42 Å². The van der Waals surface area contributed by atoms with E-state index in [4.69, 9.17) is 23.7 Å². The molecule has 0 N–H and O–H groups in total. The summed E-state index contributed by atoms with van der Waals surface area (Å²) in [5, 5.41) is 0. The maximum absolute atomic E-state index is 12.5. The summed E-state index contributed by atoms with van der Waals surface area (Å²) in [6.07, 6.45) is 3.94. The molecule has 0 unspecified atom stereocenters. The predicted molar refractivity (Wildman–Crippen MR) is 116 cm³/mol. The Morgan fingerprint density at radius 2 is 1.43 bits per heavy atom. The van der Waals surface area contributed by atoms with Gasteiger partial charge in [0.2, 0.25) is 11.7 Å². The standard InChI is InChI=1S/C23H29NO6/c1-24(12-11-16-7-9-18(26-2)19(13-16)27-3)22(25)10-8-17-14-20(28-4)23(30-6)21(15-17)29-5/h7-10,13-15H,11-12H2,1-6H3/b10-8+. The molecule has 0 fully saturated rings. The molecule has 2 aromatic carbocycles. The van der Waals surface area contributed by atoms with E-state index in [1.165, 1.54) is 6.08 Å². The van der Waals surface area contributed by atoms with Gasteiger partial charge in [-0.05, 0) is 47.9 Å². The minimum Gasteiger partial charge on any atom is -0.493 e. The van der Waals surface area contributed by atoms with Gasteiger partial charge in [0.15, 0.2) is 23.0 Å². The van der Waals surface area contributed by atoms with Crippen molar-refractivity contribution in [2.24, 2.45) is 0 Å². The molecule has 0 radical (unpaired) electrons. The number of likely N-dealkylation sites (N-methyl/N-ethyl adjacent to an activating group) is 1. The van der Waals surface area contributed by atoms with Crippen LogP contribution in [0.1, 0.15) is 11.1 Å². The molecule has 0 aliphatic rings. The Kier molecular flexibility index (Phi) is 8.41. The lowest BCUT2D eigenvalue weighted by atomic mass is 10.1. The van der Waals surface area contributed by atoms with Gasteiger partial charge in [-0.15, -0.1) is 0 Å². The zero-order valence-corrected chi connectivity index (χ0v) is 18.4. The molecule has 1 amide bonds. The molecule has 0 heterocycles. The molecule has 2 rings (SSSR count). The number of hydrogen-bond acceptors (Lipinski definition) is 6. The molecule has 0 aromatic heterocycles. The van der Waals surface area contributed by atoms with Crippen LogP contribution < -0.4 is 23.7 Å². The number of carbonyl (C=O) groups is 1. The van der Waals surface area contributed by atoms with Gasteiger partial charge in [0.05, 0.1) is 35.5 Å². The summed E-state index contributed by atoms with van der Waals surface area (Å²) in [7, 11) is 9.63. The summed E-state index contributed by atoms with van der Waals surface area (Å²) in [6, 6.07) is 9.32. The van der Waals surface area contributed by atoms with E-state index in [1.807, 2.05) is 18.2 Å². The lowest BCUT2D eigenvalue weighted by Gasteiger charge is -2.16. The Hall–Kier alpha value is -3.35. The molecule has 7 heteroatoms. The third kappa shape index (κ3) is 5.59. The van der Waals surface area contributed by atoms with Gasteiger partial charge in [-0.1, -0.05) is 6.07 Å². The van der Waals surface area contributed by atoms with Crippen LogP contribution in [0.15, 0.2) is 36.4 Å². The molecule has 7 nitrogen and oxygen atoms in total. The highest BCUT2D eigenvalue weighted by Crippen LogP contribution is 2.38. The molecular weight excluding hydrogens is 386 g/mol. The SMILES string of the molecule is COc1ccc(CCN(C)C(=O)/C=C/c2cc(OC)c(OC)c(OC)c2)cc1OC. The number of rotatable bonds is 10. The van der Waals surface area contributed by atoms with Crippen molar-refractivity contribution >= 4 is 12.0 Å². The number of hydrogen-bond donors (Lipinski definition) is 0. The number of methoxy groups -OCH3 is 5. The Morgan fingerprint density at radius 3 is 1.97 bits per heavy atom. The van der Waals surface area contributed by atoms with E-state index >= 15 is 0 Å². The predicted octanol–water partition coefficient (Wildman–Crippen LogP) is 3.44. The Balaban J connectivity index is 2.04. The minimum atomic E-state index is -0.107. The Bertz CT molecular complexity index is 868. The summed E-state index contributed by atoms with van der Waals surface area (Å²) in [6.45, 7) is 0.563. The van der Waals surface area contributed by atoms with Gasteiger partial charge in [-0.2, -0.15) is 0 Å². The van der Waals surface area contributed by atoms with Gasteiger partial charge in [0, 0.05) is 19.7 Å². The van der Waals surface area contributed by atoms with Crippen LogP contribution in [0.2, 0.25) is 0 Å². The van der Waals surface area contributed by atoms with E-state index in [9.17, 15) is 4.79 Å². The second-order valence-electron chi connectivity index (χ2n) is 6.49. The van der Waals surface area contributed by atoms with Crippen LogP contribution in [-0.4, -0.2) is 59.9 Å². The summed E-state index contributed by atoms with van der Waals surface area (Å²) in [5.41, 5.74) is 1.83. The second-order valence-corrected chi connectivity index (χ2v) is 6.49. The highest BCUT2D eigenvalue weighted by Gasteiger charge is 2.13. The number of nitrogens with zero attached hydrogens (tertiary/aromatic N) is 1. The van der Waals surface area contributed by atoms with Crippen molar-refractivity contribution in [3.63, 3.8) is 0 Å². The van der Waals surface area contributed by atoms with Crippen LogP contribution in [0.25, 0.3) is 6.08 Å². The Morgan fingerprint density at radius 1 is 0.833 bits per heavy atom. The van der Waals surface area contributed by atoms with E-state index in [1.54, 1.807) is 65.7 Å². The molecule has 0 spiro atoms. The van der Waals surface area contributed by atoms with Gasteiger partial charge in [-0.25, -0.2) is 0 Å². The summed E-state index contributed by atoms with van der Waals surface area (Å²) < 4.78 is 26.6. The maximum Gasteiger partial charge on any atom is 0.246 e. The van der Waals surface area contributed by atoms with Gasteiger partial charge in [0.25, 0.3) is 0 Å². The van der Waals surface area contributed by atoms with Gasteiger partial charge in [0.1, 0.15) is 0 Å². The van der Waals surface area contributed by atoms with Gasteiger partial charge < -0.3 is 28.6 Å². The van der Waals surface area contributed by atoms with Crippen LogP contribution >= 0.6 is 0 Å². The maximum atomic E-state index is 12.5. The monoisotopic (exact) mass is 415 g/mol. The average Bonchev–Trinajstić information content (AvgIpc) is 2.79. The van der Waals surface area contributed by atoms with Crippen LogP contribution in [0, 0.1) is 0 Å². The minimum absolute atomic E-state index is 0.107. The van der Waals surface area contributed by atoms with Crippen molar-refractivity contribution in [1.29, 1.82) is 0 Å². The van der Waals surface area contributed by atoms with E-state index in [0.717, 1.165) is 11.1 Å². The fourth-order valence-corrected chi connectivity index (χ4v) is 2.94. The third-order valence-corrected chi connectivity index (χ3v) is 4.67. The normalized spacial score (nSPS) is 10.6. The fourth-order valence-electron chi connectivity index (χ4n) is 2.94. The Labute approximate surface area is 177 Å². The fraction of sp³-hybridized carbons (Fsp3) is 0.348. The zero-order chi connectivity index (χ0) is 22.1. The van der Waals surface area contributed by atoms with Crippen molar-refractivity contribution in [1.82, 2.24) is 4.90 Å². The zero-order valence-electron chi connectivity index (χ0n) is 18.4. The van der Waals surface area contributed by atoms with E-state index in [-0.39, 0.29) is 5.91 Å². The van der Waals surface area contributed by atoms with Crippen LogP contribution in [-0.2, 0) is 11.2 Å². The summed E-state index contributed by atoms with van der Waals surface area (Å²) in [4.78, 5) is 14.2. The number of ether oxygens (including phenoxy) is 5. The number of benzene rings is 2. The average molecular weight is 415 g/mol. The first-order valence-electron chi connectivity index (χ1n) is 9.41. The molecular formula is C23H29NO6. The van der Waals surface area contributed by atoms with E-state index < -0.39 is 0 Å². The van der Waals surface area contributed by atoms with Crippen molar-refractivity contribution in [3.05, 3.63) is 47.5 Å². The first-order chi connectivity index (χ1) is 14.5. The molecule has 2 aromatic rings. The number of carbonyl (C=O) groups excluding carboxylic acids is 1. The molecule has 162 valence electrons. The van der Waals surface area contributed by atoms with Gasteiger partial charge in [-0.3, -0.25) is 4.79 Å². The molecule has 0 saturated carbocycles. The molecule has 0 bridgehead atoms. The molecule has 30 heavy (non-hydrogen) atoms. The second kappa shape index (κ2) is 11.0. The highest BCUT2D eigenvalue weighted by atomic mass is 16.5. The molecule has 0 atom stereocenters. The largest absolute Gasteiger partial charge is 0.493 e. The first kappa shape index (κ1) is 22.9. The highest BCUT2D eigenvalue weighted by molar-refractivity contribution is 5.91. The van der Waals surface area contributed by atoms with Crippen LogP contribution in [0.3, 0.4) is 0 Å². The van der Waals surface area contributed by atoms with Crippen molar-refractivity contribution in [3.8, 4) is 28.7 Å². The molecule has 0 saturated heterocycles. The molecule has 0 aliphatic carbocycles. The molecule has 0 aliphatic heterocycles. The third-order valence-electron chi connectivity index (χ3n) is 4.67. The van der Waals surface area contributed by atoms with E-state index in [0.29, 0.717) is 41.7 Å². The summed E-state index contributed by atoms with van der Waals surface area (Å²) >= 11 is 0. The van der Waals surface area contributed by atoms with E-state index in [2.05, 4.69) is 0 Å².